The van der Waals surface area contributed by atoms with Gasteiger partial charge >= 0.3 is 0 Å². The molecule has 1 fully saturated rings. The lowest BCUT2D eigenvalue weighted by atomic mass is 10.1. The fourth-order valence-electron chi connectivity index (χ4n) is 2.86. The van der Waals surface area contributed by atoms with Crippen LogP contribution in [0.25, 0.3) is 5.95 Å². The van der Waals surface area contributed by atoms with E-state index in [2.05, 4.69) is 31.9 Å². The lowest BCUT2D eigenvalue weighted by molar-refractivity contribution is 0.752. The van der Waals surface area contributed by atoms with Gasteiger partial charge in [0.25, 0.3) is 5.95 Å². The van der Waals surface area contributed by atoms with Crippen molar-refractivity contribution in [3.63, 3.8) is 0 Å². The number of hydrogen-bond donors (Lipinski definition) is 0. The molecule has 0 aliphatic carbocycles. The maximum atomic E-state index is 6.08. The highest BCUT2D eigenvalue weighted by atomic mass is 35.5. The molecule has 112 valence electrons. The minimum atomic E-state index is 0.215. The van der Waals surface area contributed by atoms with Crippen molar-refractivity contribution >= 4 is 17.5 Å². The van der Waals surface area contributed by atoms with Gasteiger partial charge in [-0.25, -0.2) is 4.68 Å². The van der Waals surface area contributed by atoms with Gasteiger partial charge in [0.15, 0.2) is 0 Å². The van der Waals surface area contributed by atoms with Gasteiger partial charge in [0, 0.05) is 18.8 Å². The molecule has 0 unspecified atom stereocenters. The summed E-state index contributed by atoms with van der Waals surface area (Å²) in [4.78, 5) is 15.2. The van der Waals surface area contributed by atoms with E-state index in [1.807, 2.05) is 13.8 Å². The molecule has 6 nitrogen and oxygen atoms in total. The van der Waals surface area contributed by atoms with Crippen molar-refractivity contribution in [1.82, 2.24) is 24.7 Å². The van der Waals surface area contributed by atoms with Crippen LogP contribution in [0.4, 0.5) is 5.95 Å². The first kappa shape index (κ1) is 14.3. The van der Waals surface area contributed by atoms with Crippen LogP contribution in [-0.2, 0) is 6.42 Å². The monoisotopic (exact) mass is 306 g/mol. The van der Waals surface area contributed by atoms with Gasteiger partial charge in [-0.15, -0.1) is 0 Å². The number of aromatic nitrogens is 5. The normalized spacial score (nSPS) is 15.0. The summed E-state index contributed by atoms with van der Waals surface area (Å²) in [7, 11) is 0. The SMILES string of the molecule is CCc1c(C)nn(-c2nc(Cl)nc(N3CCCC3)n2)c1C. The average Bonchev–Trinajstić information content (AvgIpc) is 3.07. The third kappa shape index (κ3) is 2.60. The first-order valence-electron chi connectivity index (χ1n) is 7.32. The first-order chi connectivity index (χ1) is 10.1. The van der Waals surface area contributed by atoms with Crippen molar-refractivity contribution in [3.05, 3.63) is 22.2 Å². The Kier molecular flexibility index (Phi) is 3.80. The molecule has 1 aliphatic rings. The van der Waals surface area contributed by atoms with E-state index in [0.717, 1.165) is 30.9 Å². The second kappa shape index (κ2) is 5.60. The number of aryl methyl sites for hydroxylation is 1. The molecule has 0 amide bonds. The smallest absolute Gasteiger partial charge is 0.256 e. The van der Waals surface area contributed by atoms with Crippen LogP contribution < -0.4 is 4.90 Å². The summed E-state index contributed by atoms with van der Waals surface area (Å²) in [5.74, 6) is 1.14. The van der Waals surface area contributed by atoms with Crippen LogP contribution in [0.3, 0.4) is 0 Å². The molecular formula is C14H19ClN6. The van der Waals surface area contributed by atoms with Crippen molar-refractivity contribution in [2.24, 2.45) is 0 Å². The van der Waals surface area contributed by atoms with Crippen molar-refractivity contribution in [3.8, 4) is 5.95 Å². The Hall–Kier alpha value is -1.69. The second-order valence-electron chi connectivity index (χ2n) is 5.31. The summed E-state index contributed by atoms with van der Waals surface area (Å²) < 4.78 is 1.77. The number of halogens is 1. The summed E-state index contributed by atoms with van der Waals surface area (Å²) in [6.45, 7) is 8.10. The minimum absolute atomic E-state index is 0.215. The van der Waals surface area contributed by atoms with Gasteiger partial charge in [-0.05, 0) is 50.3 Å². The predicted molar refractivity (Wildman–Crippen MR) is 82.3 cm³/mol. The Bertz CT molecular complexity index is 660. The highest BCUT2D eigenvalue weighted by Crippen LogP contribution is 2.21. The van der Waals surface area contributed by atoms with E-state index in [-0.39, 0.29) is 5.28 Å². The van der Waals surface area contributed by atoms with E-state index in [4.69, 9.17) is 11.6 Å². The summed E-state index contributed by atoms with van der Waals surface area (Å²) >= 11 is 6.08. The van der Waals surface area contributed by atoms with Crippen LogP contribution in [0, 0.1) is 13.8 Å². The maximum absolute atomic E-state index is 6.08. The second-order valence-corrected chi connectivity index (χ2v) is 5.65. The molecule has 0 radical (unpaired) electrons. The Morgan fingerprint density at radius 3 is 2.33 bits per heavy atom. The molecule has 1 aliphatic heterocycles. The number of hydrogen-bond acceptors (Lipinski definition) is 5. The molecule has 0 spiro atoms. The van der Waals surface area contributed by atoms with Gasteiger partial charge in [0.2, 0.25) is 11.2 Å². The van der Waals surface area contributed by atoms with Gasteiger partial charge in [-0.2, -0.15) is 20.1 Å². The van der Waals surface area contributed by atoms with Crippen LogP contribution in [0.2, 0.25) is 5.28 Å². The zero-order valence-electron chi connectivity index (χ0n) is 12.6. The third-order valence-electron chi connectivity index (χ3n) is 3.96. The quantitative estimate of drug-likeness (QED) is 0.872. The number of rotatable bonds is 3. The van der Waals surface area contributed by atoms with Crippen LogP contribution >= 0.6 is 11.6 Å². The van der Waals surface area contributed by atoms with Gasteiger partial charge in [0.1, 0.15) is 0 Å². The van der Waals surface area contributed by atoms with Gasteiger partial charge in [0.05, 0.1) is 5.69 Å². The van der Waals surface area contributed by atoms with E-state index in [1.54, 1.807) is 4.68 Å². The molecule has 3 heterocycles. The molecular weight excluding hydrogens is 288 g/mol. The average molecular weight is 307 g/mol. The van der Waals surface area contributed by atoms with Crippen LogP contribution in [0.5, 0.6) is 0 Å². The van der Waals surface area contributed by atoms with Gasteiger partial charge < -0.3 is 4.90 Å². The summed E-state index contributed by atoms with van der Waals surface area (Å²) in [5, 5.41) is 4.76. The number of anilines is 1. The van der Waals surface area contributed by atoms with Gasteiger partial charge in [-0.1, -0.05) is 6.92 Å². The Morgan fingerprint density at radius 1 is 1.05 bits per heavy atom. The standard InChI is InChI=1S/C14H19ClN6/c1-4-11-9(2)19-21(10(11)3)14-17-12(15)16-13(18-14)20-7-5-6-8-20/h4-8H2,1-3H3. The maximum Gasteiger partial charge on any atom is 0.256 e. The molecule has 2 aromatic rings. The van der Waals surface area contributed by atoms with Crippen molar-refractivity contribution in [2.45, 2.75) is 40.0 Å². The highest BCUT2D eigenvalue weighted by Gasteiger charge is 2.19. The summed E-state index contributed by atoms with van der Waals surface area (Å²) in [6.07, 6.45) is 3.27. The zero-order chi connectivity index (χ0) is 15.0. The molecule has 21 heavy (non-hydrogen) atoms. The molecule has 7 heteroatoms. The fraction of sp³-hybridized carbons (Fsp3) is 0.571. The molecule has 2 aromatic heterocycles. The van der Waals surface area contributed by atoms with E-state index in [1.165, 1.54) is 18.4 Å². The van der Waals surface area contributed by atoms with E-state index >= 15 is 0 Å². The van der Waals surface area contributed by atoms with Gasteiger partial charge in [-0.3, -0.25) is 0 Å². The van der Waals surface area contributed by atoms with E-state index in [9.17, 15) is 0 Å². The van der Waals surface area contributed by atoms with Crippen molar-refractivity contribution in [2.75, 3.05) is 18.0 Å². The van der Waals surface area contributed by atoms with Crippen LogP contribution in [-0.4, -0.2) is 37.8 Å². The predicted octanol–water partition coefficient (Wildman–Crippen LogP) is 2.49. The van der Waals surface area contributed by atoms with E-state index < -0.39 is 0 Å². The Balaban J connectivity index is 2.06. The lowest BCUT2D eigenvalue weighted by Crippen LogP contribution is -2.22. The molecule has 0 bridgehead atoms. The number of nitrogens with zero attached hydrogens (tertiary/aromatic N) is 6. The fourth-order valence-corrected chi connectivity index (χ4v) is 3.02. The van der Waals surface area contributed by atoms with E-state index in [0.29, 0.717) is 11.9 Å². The Labute approximate surface area is 129 Å². The summed E-state index contributed by atoms with van der Waals surface area (Å²) in [5.41, 5.74) is 3.30. The molecule has 0 saturated carbocycles. The van der Waals surface area contributed by atoms with Crippen LogP contribution in [0.15, 0.2) is 0 Å². The summed E-state index contributed by atoms with van der Waals surface area (Å²) in [6, 6.07) is 0. The first-order valence-corrected chi connectivity index (χ1v) is 7.70. The highest BCUT2D eigenvalue weighted by molar-refractivity contribution is 6.28. The minimum Gasteiger partial charge on any atom is -0.341 e. The lowest BCUT2D eigenvalue weighted by Gasteiger charge is -2.15. The molecule has 3 rings (SSSR count). The molecule has 1 saturated heterocycles. The zero-order valence-corrected chi connectivity index (χ0v) is 13.4. The van der Waals surface area contributed by atoms with Crippen molar-refractivity contribution < 1.29 is 0 Å². The topological polar surface area (TPSA) is 59.7 Å². The molecule has 0 aromatic carbocycles. The molecule has 0 N–H and O–H groups in total. The Morgan fingerprint density at radius 2 is 1.71 bits per heavy atom. The molecule has 0 atom stereocenters. The largest absolute Gasteiger partial charge is 0.341 e. The third-order valence-corrected chi connectivity index (χ3v) is 4.13. The van der Waals surface area contributed by atoms with Crippen LogP contribution in [0.1, 0.15) is 36.7 Å². The van der Waals surface area contributed by atoms with Crippen molar-refractivity contribution in [1.29, 1.82) is 0 Å².